The van der Waals surface area contributed by atoms with Crippen molar-refractivity contribution >= 4 is 11.6 Å². The summed E-state index contributed by atoms with van der Waals surface area (Å²) in [6.07, 6.45) is 1.73. The van der Waals surface area contributed by atoms with E-state index in [1.54, 1.807) is 25.5 Å². The number of amides is 1. The van der Waals surface area contributed by atoms with Crippen LogP contribution < -0.4 is 10.1 Å². The van der Waals surface area contributed by atoms with Gasteiger partial charge in [-0.15, -0.1) is 0 Å². The summed E-state index contributed by atoms with van der Waals surface area (Å²) in [6.45, 7) is 5.93. The molecular formula is C24H27N3O3. The number of carbonyl (C=O) groups excluding carboxylic acids is 1. The third-order valence-electron chi connectivity index (χ3n) is 5.39. The lowest BCUT2D eigenvalue weighted by Crippen LogP contribution is -2.45. The number of hydrogen-bond acceptors (Lipinski definition) is 5. The number of carbonyl (C=O) groups is 1. The summed E-state index contributed by atoms with van der Waals surface area (Å²) in [7, 11) is 1.57. The molecule has 0 unspecified atom stereocenters. The molecule has 0 saturated carbocycles. The van der Waals surface area contributed by atoms with Gasteiger partial charge >= 0.3 is 0 Å². The average molecular weight is 405 g/mol. The van der Waals surface area contributed by atoms with Gasteiger partial charge in [-0.05, 0) is 42.0 Å². The van der Waals surface area contributed by atoms with Gasteiger partial charge in [0, 0.05) is 38.4 Å². The number of ether oxygens (including phenoxy) is 1. The molecule has 0 bridgehead atoms. The molecule has 0 spiro atoms. The van der Waals surface area contributed by atoms with E-state index in [0.717, 1.165) is 50.7 Å². The molecule has 4 rings (SSSR count). The first-order valence-corrected chi connectivity index (χ1v) is 10.2. The molecule has 2 aromatic carbocycles. The van der Waals surface area contributed by atoms with E-state index in [9.17, 15) is 4.79 Å². The number of hydrogen-bond donors (Lipinski definition) is 1. The van der Waals surface area contributed by atoms with Crippen molar-refractivity contribution in [2.75, 3.05) is 38.6 Å². The topological polar surface area (TPSA) is 58.0 Å². The van der Waals surface area contributed by atoms with Gasteiger partial charge in [-0.1, -0.05) is 24.3 Å². The van der Waals surface area contributed by atoms with Gasteiger partial charge < -0.3 is 14.5 Å². The third-order valence-corrected chi connectivity index (χ3v) is 5.39. The van der Waals surface area contributed by atoms with Crippen LogP contribution in [0.1, 0.15) is 21.7 Å². The summed E-state index contributed by atoms with van der Waals surface area (Å²) in [5.41, 5.74) is 2.54. The van der Waals surface area contributed by atoms with Gasteiger partial charge in [-0.2, -0.15) is 0 Å². The maximum absolute atomic E-state index is 12.5. The van der Waals surface area contributed by atoms with E-state index in [1.165, 1.54) is 5.56 Å². The molecule has 0 aliphatic carbocycles. The Balaban J connectivity index is 1.27. The number of benzene rings is 2. The first kappa shape index (κ1) is 20.2. The lowest BCUT2D eigenvalue weighted by Gasteiger charge is -2.34. The van der Waals surface area contributed by atoms with E-state index in [4.69, 9.17) is 9.15 Å². The van der Waals surface area contributed by atoms with Crippen molar-refractivity contribution in [1.82, 2.24) is 9.80 Å². The molecular weight excluding hydrogens is 378 g/mol. The van der Waals surface area contributed by atoms with Crippen LogP contribution in [0.3, 0.4) is 0 Å². The molecule has 1 aliphatic rings. The zero-order valence-electron chi connectivity index (χ0n) is 17.2. The quantitative estimate of drug-likeness (QED) is 0.647. The van der Waals surface area contributed by atoms with E-state index in [0.29, 0.717) is 11.3 Å². The van der Waals surface area contributed by atoms with Crippen molar-refractivity contribution in [1.29, 1.82) is 0 Å². The number of nitrogens with one attached hydrogen (secondary N) is 1. The number of anilines is 1. The zero-order valence-corrected chi connectivity index (χ0v) is 17.2. The van der Waals surface area contributed by atoms with E-state index in [-0.39, 0.29) is 5.91 Å². The van der Waals surface area contributed by atoms with Gasteiger partial charge in [0.2, 0.25) is 0 Å². The largest absolute Gasteiger partial charge is 0.496 e. The SMILES string of the molecule is COc1ccccc1C(=O)Nc1ccc(CN2CCN(Cc3ccco3)CC2)cc1. The molecule has 1 saturated heterocycles. The second kappa shape index (κ2) is 9.61. The number of nitrogens with zero attached hydrogens (tertiary/aromatic N) is 2. The van der Waals surface area contributed by atoms with E-state index in [2.05, 4.69) is 27.2 Å². The molecule has 2 heterocycles. The van der Waals surface area contributed by atoms with Crippen molar-refractivity contribution in [3.63, 3.8) is 0 Å². The summed E-state index contributed by atoms with van der Waals surface area (Å²) in [5.74, 6) is 1.42. The van der Waals surface area contributed by atoms with Gasteiger partial charge in [0.05, 0.1) is 25.5 Å². The minimum atomic E-state index is -0.173. The fraction of sp³-hybridized carbons (Fsp3) is 0.292. The Morgan fingerprint density at radius 3 is 2.30 bits per heavy atom. The molecule has 1 fully saturated rings. The lowest BCUT2D eigenvalue weighted by atomic mass is 10.1. The molecule has 156 valence electrons. The van der Waals surface area contributed by atoms with E-state index in [1.807, 2.05) is 36.4 Å². The Morgan fingerprint density at radius 2 is 1.63 bits per heavy atom. The fourth-order valence-corrected chi connectivity index (χ4v) is 3.71. The van der Waals surface area contributed by atoms with Crippen LogP contribution in [-0.4, -0.2) is 49.0 Å². The first-order chi connectivity index (χ1) is 14.7. The summed E-state index contributed by atoms with van der Waals surface area (Å²) in [5, 5.41) is 2.94. The molecule has 1 aliphatic heterocycles. The highest BCUT2D eigenvalue weighted by Crippen LogP contribution is 2.20. The summed E-state index contributed by atoms with van der Waals surface area (Å²) >= 11 is 0. The summed E-state index contributed by atoms with van der Waals surface area (Å²) in [4.78, 5) is 17.4. The fourth-order valence-electron chi connectivity index (χ4n) is 3.71. The molecule has 6 heteroatoms. The van der Waals surface area contributed by atoms with Gasteiger partial charge in [0.15, 0.2) is 0 Å². The Hall–Kier alpha value is -3.09. The van der Waals surface area contributed by atoms with Crippen LogP contribution in [0, 0.1) is 0 Å². The predicted octanol–water partition coefficient (Wildman–Crippen LogP) is 3.86. The van der Waals surface area contributed by atoms with Gasteiger partial charge in [0.25, 0.3) is 5.91 Å². The van der Waals surface area contributed by atoms with Crippen molar-refractivity contribution < 1.29 is 13.9 Å². The Bertz CT molecular complexity index is 946. The highest BCUT2D eigenvalue weighted by molar-refractivity contribution is 6.06. The van der Waals surface area contributed by atoms with Crippen LogP contribution in [-0.2, 0) is 13.1 Å². The molecule has 0 atom stereocenters. The number of furan rings is 1. The Labute approximate surface area is 177 Å². The highest BCUT2D eigenvalue weighted by atomic mass is 16.5. The standard InChI is InChI=1S/C24H27N3O3/c1-29-23-7-3-2-6-22(23)24(28)25-20-10-8-19(9-11-20)17-26-12-14-27(15-13-26)18-21-5-4-16-30-21/h2-11,16H,12-15,17-18H2,1H3,(H,25,28). The maximum Gasteiger partial charge on any atom is 0.259 e. The van der Waals surface area contributed by atoms with Crippen molar-refractivity contribution in [3.05, 3.63) is 83.8 Å². The summed E-state index contributed by atoms with van der Waals surface area (Å²) < 4.78 is 10.7. The second-order valence-corrected chi connectivity index (χ2v) is 7.48. The number of para-hydroxylation sites is 1. The molecule has 0 radical (unpaired) electrons. The minimum absolute atomic E-state index is 0.173. The van der Waals surface area contributed by atoms with Crippen LogP contribution in [0.15, 0.2) is 71.3 Å². The minimum Gasteiger partial charge on any atom is -0.496 e. The smallest absolute Gasteiger partial charge is 0.259 e. The molecule has 1 N–H and O–H groups in total. The van der Waals surface area contributed by atoms with Crippen LogP contribution in [0.5, 0.6) is 5.75 Å². The van der Waals surface area contributed by atoms with Crippen LogP contribution in [0.25, 0.3) is 0 Å². The van der Waals surface area contributed by atoms with Gasteiger partial charge in [-0.25, -0.2) is 0 Å². The summed E-state index contributed by atoms with van der Waals surface area (Å²) in [6, 6.07) is 19.2. The maximum atomic E-state index is 12.5. The third kappa shape index (κ3) is 5.09. The van der Waals surface area contributed by atoms with Crippen molar-refractivity contribution in [3.8, 4) is 5.75 Å². The van der Waals surface area contributed by atoms with Gasteiger partial charge in [-0.3, -0.25) is 14.6 Å². The first-order valence-electron chi connectivity index (χ1n) is 10.2. The van der Waals surface area contributed by atoms with Crippen LogP contribution in [0.2, 0.25) is 0 Å². The molecule has 30 heavy (non-hydrogen) atoms. The zero-order chi connectivity index (χ0) is 20.8. The Kier molecular flexibility index (Phi) is 6.47. The van der Waals surface area contributed by atoms with Gasteiger partial charge in [0.1, 0.15) is 11.5 Å². The number of methoxy groups -OCH3 is 1. The van der Waals surface area contributed by atoms with E-state index >= 15 is 0 Å². The lowest BCUT2D eigenvalue weighted by molar-refractivity contribution is 0.102. The Morgan fingerprint density at radius 1 is 0.933 bits per heavy atom. The van der Waals surface area contributed by atoms with Crippen LogP contribution >= 0.6 is 0 Å². The van der Waals surface area contributed by atoms with E-state index < -0.39 is 0 Å². The average Bonchev–Trinajstić information content (AvgIpc) is 3.29. The second-order valence-electron chi connectivity index (χ2n) is 7.48. The predicted molar refractivity (Wildman–Crippen MR) is 117 cm³/mol. The number of rotatable bonds is 7. The van der Waals surface area contributed by atoms with Crippen LogP contribution in [0.4, 0.5) is 5.69 Å². The molecule has 1 amide bonds. The molecule has 1 aromatic heterocycles. The molecule has 6 nitrogen and oxygen atoms in total. The highest BCUT2D eigenvalue weighted by Gasteiger charge is 2.18. The van der Waals surface area contributed by atoms with Crippen molar-refractivity contribution in [2.24, 2.45) is 0 Å². The van der Waals surface area contributed by atoms with Crippen molar-refractivity contribution in [2.45, 2.75) is 13.1 Å². The number of piperazine rings is 1. The monoisotopic (exact) mass is 405 g/mol. The normalized spacial score (nSPS) is 15.1. The molecule has 3 aromatic rings.